The van der Waals surface area contributed by atoms with Gasteiger partial charge in [-0.2, -0.15) is 0 Å². The molecule has 21 heavy (non-hydrogen) atoms. The Morgan fingerprint density at radius 2 is 1.62 bits per heavy atom. The first-order chi connectivity index (χ1) is 9.85. The van der Waals surface area contributed by atoms with E-state index in [0.717, 1.165) is 64.7 Å². The summed E-state index contributed by atoms with van der Waals surface area (Å²) in [6.07, 6.45) is 3.06. The zero-order chi connectivity index (χ0) is 14.9. The molecule has 0 bridgehead atoms. The third-order valence-corrected chi connectivity index (χ3v) is 2.59. The molecule has 0 heterocycles. The van der Waals surface area contributed by atoms with E-state index in [4.69, 9.17) is 14.2 Å². The van der Waals surface area contributed by atoms with Gasteiger partial charge in [0.2, 0.25) is 0 Å². The monoisotopic (exact) mass is 417 g/mol. The van der Waals surface area contributed by atoms with E-state index in [0.29, 0.717) is 6.61 Å². The number of methoxy groups -OCH3 is 2. The second kappa shape index (κ2) is 19.9. The van der Waals surface area contributed by atoms with Gasteiger partial charge >= 0.3 is 0 Å². The smallest absolute Gasteiger partial charge is 0.191 e. The Hall–Kier alpha value is -0.120. The number of rotatable bonds is 13. The lowest BCUT2D eigenvalue weighted by atomic mass is 10.3. The highest BCUT2D eigenvalue weighted by molar-refractivity contribution is 14.0. The molecule has 0 unspecified atom stereocenters. The first-order valence-electron chi connectivity index (χ1n) is 7.43. The van der Waals surface area contributed by atoms with Crippen molar-refractivity contribution in [2.45, 2.75) is 26.2 Å². The molecule has 7 heteroatoms. The fourth-order valence-electron chi connectivity index (χ4n) is 1.53. The van der Waals surface area contributed by atoms with Gasteiger partial charge in [0.05, 0.1) is 6.61 Å². The lowest BCUT2D eigenvalue weighted by Gasteiger charge is -2.12. The maximum Gasteiger partial charge on any atom is 0.191 e. The zero-order valence-corrected chi connectivity index (χ0v) is 16.0. The van der Waals surface area contributed by atoms with E-state index in [9.17, 15) is 0 Å². The highest BCUT2D eigenvalue weighted by Gasteiger charge is 1.97. The van der Waals surface area contributed by atoms with Crippen LogP contribution in [0.1, 0.15) is 26.2 Å². The highest BCUT2D eigenvalue weighted by atomic mass is 127. The van der Waals surface area contributed by atoms with Crippen LogP contribution in [0.15, 0.2) is 4.99 Å². The van der Waals surface area contributed by atoms with Crippen LogP contribution in [-0.2, 0) is 14.2 Å². The van der Waals surface area contributed by atoms with Crippen molar-refractivity contribution in [3.8, 4) is 0 Å². The van der Waals surface area contributed by atoms with E-state index in [1.165, 1.54) is 0 Å². The van der Waals surface area contributed by atoms with Crippen molar-refractivity contribution in [2.24, 2.45) is 4.99 Å². The molecule has 0 aliphatic heterocycles. The van der Waals surface area contributed by atoms with Gasteiger partial charge in [0.15, 0.2) is 5.96 Å². The van der Waals surface area contributed by atoms with Crippen LogP contribution in [0.5, 0.6) is 0 Å². The molecule has 0 radical (unpaired) electrons. The van der Waals surface area contributed by atoms with E-state index in [1.54, 1.807) is 14.2 Å². The summed E-state index contributed by atoms with van der Waals surface area (Å²) in [5.74, 6) is 0.843. The number of ether oxygens (including phenoxy) is 3. The quantitative estimate of drug-likeness (QED) is 0.207. The largest absolute Gasteiger partial charge is 0.385 e. The van der Waals surface area contributed by atoms with Crippen molar-refractivity contribution in [1.82, 2.24) is 10.6 Å². The molecular weight excluding hydrogens is 385 g/mol. The van der Waals surface area contributed by atoms with E-state index < -0.39 is 0 Å². The summed E-state index contributed by atoms with van der Waals surface area (Å²) in [5, 5.41) is 6.56. The van der Waals surface area contributed by atoms with Crippen LogP contribution in [0, 0.1) is 0 Å². The second-order valence-electron chi connectivity index (χ2n) is 4.33. The molecule has 0 aromatic carbocycles. The van der Waals surface area contributed by atoms with E-state index in [-0.39, 0.29) is 24.0 Å². The van der Waals surface area contributed by atoms with Crippen LogP contribution >= 0.6 is 24.0 Å². The number of nitrogens with one attached hydrogen (secondary N) is 2. The van der Waals surface area contributed by atoms with Gasteiger partial charge in [0.1, 0.15) is 0 Å². The van der Waals surface area contributed by atoms with Crippen LogP contribution in [-0.4, -0.2) is 66.2 Å². The van der Waals surface area contributed by atoms with Crippen molar-refractivity contribution in [1.29, 1.82) is 0 Å². The Morgan fingerprint density at radius 3 is 2.29 bits per heavy atom. The number of unbranched alkanes of at least 4 members (excludes halogenated alkanes) is 1. The molecular formula is C14H32IN3O3. The van der Waals surface area contributed by atoms with Crippen LogP contribution in [0.25, 0.3) is 0 Å². The zero-order valence-electron chi connectivity index (χ0n) is 13.7. The lowest BCUT2D eigenvalue weighted by Crippen LogP contribution is -2.39. The summed E-state index contributed by atoms with van der Waals surface area (Å²) in [4.78, 5) is 4.51. The Morgan fingerprint density at radius 1 is 0.905 bits per heavy atom. The lowest BCUT2D eigenvalue weighted by molar-refractivity contribution is 0.146. The van der Waals surface area contributed by atoms with E-state index in [2.05, 4.69) is 15.6 Å². The van der Waals surface area contributed by atoms with Crippen molar-refractivity contribution in [3.63, 3.8) is 0 Å². The van der Waals surface area contributed by atoms with Gasteiger partial charge < -0.3 is 24.8 Å². The SMILES string of the molecule is CCOCCCN=C(NCCCCOC)NCCOC.I. The Kier molecular flexibility index (Phi) is 21.9. The summed E-state index contributed by atoms with van der Waals surface area (Å²) < 4.78 is 15.3. The molecule has 0 aliphatic rings. The third kappa shape index (κ3) is 17.8. The molecule has 0 saturated heterocycles. The molecule has 0 amide bonds. The molecule has 0 aliphatic carbocycles. The molecule has 0 spiro atoms. The molecule has 6 nitrogen and oxygen atoms in total. The molecule has 128 valence electrons. The average Bonchev–Trinajstić information content (AvgIpc) is 2.46. The van der Waals surface area contributed by atoms with Crippen LogP contribution < -0.4 is 10.6 Å². The minimum atomic E-state index is 0. The van der Waals surface area contributed by atoms with Gasteiger partial charge in [-0.15, -0.1) is 24.0 Å². The summed E-state index contributed by atoms with van der Waals surface area (Å²) >= 11 is 0. The second-order valence-corrected chi connectivity index (χ2v) is 4.33. The summed E-state index contributed by atoms with van der Waals surface area (Å²) in [5.41, 5.74) is 0. The molecule has 0 atom stereocenters. The molecule has 2 N–H and O–H groups in total. The number of nitrogens with zero attached hydrogens (tertiary/aromatic N) is 1. The average molecular weight is 417 g/mol. The van der Waals surface area contributed by atoms with Gasteiger partial charge in [-0.3, -0.25) is 4.99 Å². The third-order valence-electron chi connectivity index (χ3n) is 2.59. The van der Waals surface area contributed by atoms with Gasteiger partial charge in [-0.05, 0) is 26.2 Å². The number of hydrogen-bond acceptors (Lipinski definition) is 4. The molecule has 0 fully saturated rings. The summed E-state index contributed by atoms with van der Waals surface area (Å²) in [6, 6.07) is 0. The Bertz CT molecular complexity index is 232. The van der Waals surface area contributed by atoms with Crippen molar-refractivity contribution < 1.29 is 14.2 Å². The van der Waals surface area contributed by atoms with Gasteiger partial charge in [0.25, 0.3) is 0 Å². The van der Waals surface area contributed by atoms with Gasteiger partial charge in [-0.1, -0.05) is 0 Å². The van der Waals surface area contributed by atoms with Crippen molar-refractivity contribution in [2.75, 3.05) is 60.3 Å². The first kappa shape index (κ1) is 23.2. The number of aliphatic imine (C=N–C) groups is 1. The maximum absolute atomic E-state index is 5.30. The predicted octanol–water partition coefficient (Wildman–Crippen LogP) is 1.64. The molecule has 0 aromatic rings. The number of hydrogen-bond donors (Lipinski definition) is 2. The summed E-state index contributed by atoms with van der Waals surface area (Å²) in [6.45, 7) is 7.42. The normalized spacial score (nSPS) is 11.1. The maximum atomic E-state index is 5.30. The van der Waals surface area contributed by atoms with Crippen LogP contribution in [0.4, 0.5) is 0 Å². The Labute approximate surface area is 146 Å². The van der Waals surface area contributed by atoms with Crippen LogP contribution in [0.3, 0.4) is 0 Å². The molecule has 0 rings (SSSR count). The fourth-order valence-corrected chi connectivity index (χ4v) is 1.53. The first-order valence-corrected chi connectivity index (χ1v) is 7.43. The van der Waals surface area contributed by atoms with E-state index >= 15 is 0 Å². The molecule has 0 saturated carbocycles. The topological polar surface area (TPSA) is 64.1 Å². The van der Waals surface area contributed by atoms with Gasteiger partial charge in [-0.25, -0.2) is 0 Å². The Balaban J connectivity index is 0. The number of guanidine groups is 1. The fraction of sp³-hybridized carbons (Fsp3) is 0.929. The van der Waals surface area contributed by atoms with Gasteiger partial charge in [0, 0.05) is 53.7 Å². The van der Waals surface area contributed by atoms with E-state index in [1.807, 2.05) is 6.92 Å². The predicted molar refractivity (Wildman–Crippen MR) is 97.8 cm³/mol. The highest BCUT2D eigenvalue weighted by Crippen LogP contribution is 1.88. The number of halogens is 1. The van der Waals surface area contributed by atoms with Crippen molar-refractivity contribution >= 4 is 29.9 Å². The van der Waals surface area contributed by atoms with Crippen molar-refractivity contribution in [3.05, 3.63) is 0 Å². The van der Waals surface area contributed by atoms with Crippen LogP contribution in [0.2, 0.25) is 0 Å². The summed E-state index contributed by atoms with van der Waals surface area (Å²) in [7, 11) is 3.42. The standard InChI is InChI=1S/C14H31N3O3.HI/c1-4-20-12-7-9-16-14(17-10-13-19-3)15-8-5-6-11-18-2;/h4-13H2,1-3H3,(H2,15,16,17);1H. The molecule has 0 aromatic heterocycles. The minimum absolute atomic E-state index is 0. The minimum Gasteiger partial charge on any atom is -0.385 e.